The Morgan fingerprint density at radius 3 is 2.19 bits per heavy atom. The molecule has 8 heteroatoms. The molecule has 0 spiro atoms. The molecule has 0 aliphatic rings. The van der Waals surface area contributed by atoms with Crippen LogP contribution in [0.5, 0.6) is 5.75 Å². The van der Waals surface area contributed by atoms with E-state index in [1.807, 2.05) is 18.2 Å². The Bertz CT molecular complexity index is 1130. The van der Waals surface area contributed by atoms with Crippen LogP contribution in [0.25, 0.3) is 11.5 Å². The van der Waals surface area contributed by atoms with E-state index in [1.165, 1.54) is 6.92 Å². The van der Waals surface area contributed by atoms with Crippen LogP contribution in [0.4, 0.5) is 14.8 Å². The predicted molar refractivity (Wildman–Crippen MR) is 112 cm³/mol. The number of anilines is 1. The molecule has 1 atom stereocenters. The van der Waals surface area contributed by atoms with Gasteiger partial charge in [0.05, 0.1) is 11.1 Å². The minimum Gasteiger partial charge on any atom is -0.487 e. The summed E-state index contributed by atoms with van der Waals surface area (Å²) in [6, 6.07) is 18.8. The number of halogens is 2. The summed E-state index contributed by atoms with van der Waals surface area (Å²) in [6.45, 7) is 1.81. The lowest BCUT2D eigenvalue weighted by Gasteiger charge is -2.30. The average molecular weight is 422 g/mol. The van der Waals surface area contributed by atoms with Gasteiger partial charge in [0.1, 0.15) is 12.4 Å². The van der Waals surface area contributed by atoms with Crippen LogP contribution in [-0.2, 0) is 12.0 Å². The van der Waals surface area contributed by atoms with Gasteiger partial charge in [0.15, 0.2) is 0 Å². The Hall–Kier alpha value is -3.81. The first kappa shape index (κ1) is 20.5. The second-order valence-electron chi connectivity index (χ2n) is 7.16. The Morgan fingerprint density at radius 2 is 1.65 bits per heavy atom. The molecule has 31 heavy (non-hydrogen) atoms. The molecule has 1 unspecified atom stereocenters. The number of hydrogen-bond donors (Lipinski definition) is 1. The highest BCUT2D eigenvalue weighted by Crippen LogP contribution is 2.39. The minimum atomic E-state index is -2.63. The summed E-state index contributed by atoms with van der Waals surface area (Å²) in [6.07, 6.45) is -0.938. The van der Waals surface area contributed by atoms with Crippen molar-refractivity contribution in [3.63, 3.8) is 0 Å². The maximum Gasteiger partial charge on any atom is 0.313 e. The third-order valence-electron chi connectivity index (χ3n) is 5.18. The lowest BCUT2D eigenvalue weighted by molar-refractivity contribution is 0.0807. The van der Waals surface area contributed by atoms with Crippen LogP contribution >= 0.6 is 0 Å². The van der Waals surface area contributed by atoms with Gasteiger partial charge in [0.2, 0.25) is 5.89 Å². The van der Waals surface area contributed by atoms with Crippen molar-refractivity contribution in [1.29, 1.82) is 0 Å². The van der Waals surface area contributed by atoms with Crippen molar-refractivity contribution in [2.75, 3.05) is 5.73 Å². The minimum absolute atomic E-state index is 0.0538. The quantitative estimate of drug-likeness (QED) is 0.458. The molecule has 158 valence electrons. The van der Waals surface area contributed by atoms with E-state index in [4.69, 9.17) is 14.9 Å². The van der Waals surface area contributed by atoms with Crippen molar-refractivity contribution < 1.29 is 17.9 Å². The summed E-state index contributed by atoms with van der Waals surface area (Å²) in [7, 11) is 0. The van der Waals surface area contributed by atoms with Crippen LogP contribution in [-0.4, -0.2) is 21.6 Å². The molecular formula is C23H20F2N4O2. The van der Waals surface area contributed by atoms with Gasteiger partial charge in [-0.1, -0.05) is 35.4 Å². The van der Waals surface area contributed by atoms with E-state index < -0.39 is 11.8 Å². The topological polar surface area (TPSA) is 87.1 Å². The molecule has 0 radical (unpaired) electrons. The molecule has 0 aliphatic heterocycles. The standard InChI is InChI=1S/C23H20F2N4O2/c1-23(21(24)25,16-7-5-15(6-8-16)20-28-29-22(26)31-20)17-9-11-19(12-10-17)30-14-18-4-2-3-13-27-18/h2-13,21H,14H2,1H3,(H2,26,29). The molecule has 0 saturated heterocycles. The van der Waals surface area contributed by atoms with Gasteiger partial charge in [-0.3, -0.25) is 4.98 Å². The van der Waals surface area contributed by atoms with Gasteiger partial charge in [-0.25, -0.2) is 8.78 Å². The van der Waals surface area contributed by atoms with Gasteiger partial charge in [-0.15, -0.1) is 5.10 Å². The Kier molecular flexibility index (Phi) is 5.62. The van der Waals surface area contributed by atoms with E-state index in [2.05, 4.69) is 15.2 Å². The molecule has 2 aromatic carbocycles. The second-order valence-corrected chi connectivity index (χ2v) is 7.16. The smallest absolute Gasteiger partial charge is 0.313 e. The zero-order chi connectivity index (χ0) is 21.8. The van der Waals surface area contributed by atoms with Gasteiger partial charge >= 0.3 is 6.01 Å². The third kappa shape index (κ3) is 4.23. The largest absolute Gasteiger partial charge is 0.487 e. The van der Waals surface area contributed by atoms with Gasteiger partial charge in [-0.2, -0.15) is 0 Å². The maximum atomic E-state index is 14.3. The highest BCUT2D eigenvalue weighted by molar-refractivity contribution is 5.55. The maximum absolute atomic E-state index is 14.3. The number of alkyl halides is 2. The Morgan fingerprint density at radius 1 is 0.968 bits per heavy atom. The molecule has 2 N–H and O–H groups in total. The summed E-state index contributed by atoms with van der Waals surface area (Å²) in [5.41, 5.74) is 6.25. The fraction of sp³-hybridized carbons (Fsp3) is 0.174. The van der Waals surface area contributed by atoms with Gasteiger partial charge in [-0.05, 0) is 54.4 Å². The van der Waals surface area contributed by atoms with Crippen LogP contribution in [0.15, 0.2) is 77.3 Å². The average Bonchev–Trinajstić information content (AvgIpc) is 3.24. The Labute approximate surface area is 177 Å². The SMILES string of the molecule is CC(c1ccc(OCc2ccccn2)cc1)(c1ccc(-c2nnc(N)o2)cc1)C(F)F. The zero-order valence-corrected chi connectivity index (χ0v) is 16.7. The molecule has 0 bridgehead atoms. The predicted octanol–water partition coefficient (Wildman–Crippen LogP) is 4.86. The summed E-state index contributed by atoms with van der Waals surface area (Å²) < 4.78 is 39.4. The van der Waals surface area contributed by atoms with Crippen LogP contribution in [0.2, 0.25) is 0 Å². The lowest BCUT2D eigenvalue weighted by Crippen LogP contribution is -2.32. The number of benzene rings is 2. The summed E-state index contributed by atoms with van der Waals surface area (Å²) in [4.78, 5) is 4.20. The number of ether oxygens (including phenoxy) is 1. The first-order valence-electron chi connectivity index (χ1n) is 9.58. The number of hydrogen-bond acceptors (Lipinski definition) is 6. The first-order valence-corrected chi connectivity index (χ1v) is 9.58. The van der Waals surface area contributed by atoms with Gasteiger partial charge in [0, 0.05) is 11.8 Å². The molecule has 0 aliphatic carbocycles. The van der Waals surface area contributed by atoms with Crippen LogP contribution in [0, 0.1) is 0 Å². The van der Waals surface area contributed by atoms with Crippen LogP contribution < -0.4 is 10.5 Å². The summed E-state index contributed by atoms with van der Waals surface area (Å²) >= 11 is 0. The van der Waals surface area contributed by atoms with Gasteiger partial charge in [0.25, 0.3) is 6.43 Å². The van der Waals surface area contributed by atoms with E-state index in [-0.39, 0.29) is 11.9 Å². The van der Waals surface area contributed by atoms with Crippen molar-refractivity contribution >= 4 is 6.01 Å². The molecular weight excluding hydrogens is 402 g/mol. The first-order chi connectivity index (χ1) is 15.0. The van der Waals surface area contributed by atoms with E-state index in [1.54, 1.807) is 54.7 Å². The molecule has 2 aromatic heterocycles. The zero-order valence-electron chi connectivity index (χ0n) is 16.7. The molecule has 0 amide bonds. The highest BCUT2D eigenvalue weighted by Gasteiger charge is 2.38. The number of rotatable bonds is 7. The van der Waals surface area contributed by atoms with Crippen molar-refractivity contribution in [1.82, 2.24) is 15.2 Å². The lowest BCUT2D eigenvalue weighted by atomic mass is 9.76. The summed E-state index contributed by atoms with van der Waals surface area (Å²) in [5.74, 6) is 0.813. The second kappa shape index (κ2) is 8.51. The van der Waals surface area contributed by atoms with Crippen molar-refractivity contribution in [3.05, 3.63) is 89.7 Å². The monoisotopic (exact) mass is 422 g/mol. The number of nitrogen functional groups attached to an aromatic ring is 1. The van der Waals surface area contributed by atoms with Crippen molar-refractivity contribution in [2.24, 2.45) is 0 Å². The van der Waals surface area contributed by atoms with E-state index in [0.29, 0.717) is 29.0 Å². The Balaban J connectivity index is 1.55. The molecule has 6 nitrogen and oxygen atoms in total. The van der Waals surface area contributed by atoms with Crippen molar-refractivity contribution in [3.8, 4) is 17.2 Å². The van der Waals surface area contributed by atoms with Crippen molar-refractivity contribution in [2.45, 2.75) is 25.4 Å². The number of nitrogens with zero attached hydrogens (tertiary/aromatic N) is 3. The van der Waals surface area contributed by atoms with E-state index in [0.717, 1.165) is 5.69 Å². The van der Waals surface area contributed by atoms with Crippen LogP contribution in [0.3, 0.4) is 0 Å². The van der Waals surface area contributed by atoms with E-state index >= 15 is 0 Å². The van der Waals surface area contributed by atoms with E-state index in [9.17, 15) is 8.78 Å². The number of aromatic nitrogens is 3. The molecule has 0 saturated carbocycles. The van der Waals surface area contributed by atoms with Crippen LogP contribution in [0.1, 0.15) is 23.7 Å². The normalized spacial score (nSPS) is 13.2. The molecule has 4 aromatic rings. The fourth-order valence-electron chi connectivity index (χ4n) is 3.27. The highest BCUT2D eigenvalue weighted by atomic mass is 19.3. The fourth-order valence-corrected chi connectivity index (χ4v) is 3.27. The molecule has 2 heterocycles. The summed E-state index contributed by atoms with van der Waals surface area (Å²) in [5, 5.41) is 7.42. The molecule has 4 rings (SSSR count). The van der Waals surface area contributed by atoms with Gasteiger partial charge < -0.3 is 14.9 Å². The third-order valence-corrected chi connectivity index (χ3v) is 5.18. The number of pyridine rings is 1. The molecule has 0 fully saturated rings. The number of nitrogens with two attached hydrogens (primary N) is 1.